The van der Waals surface area contributed by atoms with Crippen molar-refractivity contribution in [1.29, 1.82) is 0 Å². The van der Waals surface area contributed by atoms with Crippen LogP contribution in [0.1, 0.15) is 0 Å². The Kier molecular flexibility index (Phi) is 4.58. The van der Waals surface area contributed by atoms with E-state index in [1.165, 1.54) is 12.0 Å². The van der Waals surface area contributed by atoms with Crippen LogP contribution in [0, 0.1) is 0 Å². The lowest BCUT2D eigenvalue weighted by molar-refractivity contribution is 0.820. The number of benzene rings is 1. The summed E-state index contributed by atoms with van der Waals surface area (Å²) in [6.07, 6.45) is 3.12. The van der Waals surface area contributed by atoms with Crippen LogP contribution in [0.3, 0.4) is 0 Å². The Morgan fingerprint density at radius 3 is 2.42 bits per heavy atom. The van der Waals surface area contributed by atoms with Crippen molar-refractivity contribution >= 4 is 23.1 Å². The SMILES string of the molecule is CN(CCN(C)c1ncncc1Cl)c1ccccc1. The molecule has 0 spiro atoms. The average Bonchev–Trinajstić information content (AvgIpc) is 2.46. The number of para-hydroxylation sites is 1. The zero-order valence-corrected chi connectivity index (χ0v) is 11.9. The first kappa shape index (κ1) is 13.6. The normalized spacial score (nSPS) is 10.3. The molecule has 0 aliphatic rings. The molecule has 1 aromatic heterocycles. The Balaban J connectivity index is 1.94. The van der Waals surface area contributed by atoms with Gasteiger partial charge in [0.15, 0.2) is 5.82 Å². The van der Waals surface area contributed by atoms with Crippen molar-refractivity contribution in [3.8, 4) is 0 Å². The maximum atomic E-state index is 6.07. The summed E-state index contributed by atoms with van der Waals surface area (Å²) in [6, 6.07) is 10.3. The predicted octanol–water partition coefficient (Wildman–Crippen LogP) is 2.70. The maximum Gasteiger partial charge on any atom is 0.150 e. The molecule has 1 heterocycles. The third-order valence-electron chi connectivity index (χ3n) is 2.98. The Morgan fingerprint density at radius 1 is 1.05 bits per heavy atom. The molecule has 0 aliphatic heterocycles. The van der Waals surface area contributed by atoms with Crippen molar-refractivity contribution in [1.82, 2.24) is 9.97 Å². The largest absolute Gasteiger partial charge is 0.373 e. The number of anilines is 2. The zero-order valence-electron chi connectivity index (χ0n) is 11.1. The van der Waals surface area contributed by atoms with Gasteiger partial charge < -0.3 is 9.80 Å². The van der Waals surface area contributed by atoms with Gasteiger partial charge in [-0.05, 0) is 12.1 Å². The average molecular weight is 277 g/mol. The molecule has 100 valence electrons. The van der Waals surface area contributed by atoms with E-state index in [4.69, 9.17) is 11.6 Å². The van der Waals surface area contributed by atoms with E-state index in [2.05, 4.69) is 34.0 Å². The smallest absolute Gasteiger partial charge is 0.150 e. The van der Waals surface area contributed by atoms with E-state index in [-0.39, 0.29) is 0 Å². The molecule has 0 atom stereocenters. The summed E-state index contributed by atoms with van der Waals surface area (Å²) in [5, 5.41) is 0.576. The molecule has 0 aliphatic carbocycles. The molecule has 2 rings (SSSR count). The van der Waals surface area contributed by atoms with E-state index < -0.39 is 0 Å². The van der Waals surface area contributed by atoms with Crippen LogP contribution in [0.25, 0.3) is 0 Å². The molecule has 0 saturated heterocycles. The van der Waals surface area contributed by atoms with Crippen molar-refractivity contribution in [3.05, 3.63) is 47.9 Å². The number of nitrogens with zero attached hydrogens (tertiary/aromatic N) is 4. The molecule has 0 bridgehead atoms. The lowest BCUT2D eigenvalue weighted by Crippen LogP contribution is -2.31. The van der Waals surface area contributed by atoms with Gasteiger partial charge in [0.1, 0.15) is 11.3 Å². The quantitative estimate of drug-likeness (QED) is 0.841. The minimum Gasteiger partial charge on any atom is -0.373 e. The third-order valence-corrected chi connectivity index (χ3v) is 3.24. The fraction of sp³-hybridized carbons (Fsp3) is 0.286. The van der Waals surface area contributed by atoms with E-state index in [1.807, 2.05) is 30.1 Å². The highest BCUT2D eigenvalue weighted by molar-refractivity contribution is 6.32. The molecule has 0 saturated carbocycles. The van der Waals surface area contributed by atoms with Gasteiger partial charge in [-0.1, -0.05) is 29.8 Å². The first-order valence-electron chi connectivity index (χ1n) is 6.11. The highest BCUT2D eigenvalue weighted by atomic mass is 35.5. The third kappa shape index (κ3) is 3.58. The Labute approximate surface area is 118 Å². The van der Waals surface area contributed by atoms with Crippen LogP contribution < -0.4 is 9.80 Å². The van der Waals surface area contributed by atoms with Gasteiger partial charge in [0.25, 0.3) is 0 Å². The van der Waals surface area contributed by atoms with Crippen LogP contribution in [0.4, 0.5) is 11.5 Å². The standard InChI is InChI=1S/C14H17ClN4/c1-18(12-6-4-3-5-7-12)8-9-19(2)14-13(15)10-16-11-17-14/h3-7,10-11H,8-9H2,1-2H3. The number of aromatic nitrogens is 2. The predicted molar refractivity (Wildman–Crippen MR) is 80.0 cm³/mol. The van der Waals surface area contributed by atoms with E-state index in [9.17, 15) is 0 Å². The summed E-state index contributed by atoms with van der Waals surface area (Å²) >= 11 is 6.07. The molecule has 4 nitrogen and oxygen atoms in total. The second kappa shape index (κ2) is 6.38. The van der Waals surface area contributed by atoms with E-state index in [1.54, 1.807) is 6.20 Å². The number of halogens is 1. The highest BCUT2D eigenvalue weighted by Gasteiger charge is 2.08. The van der Waals surface area contributed by atoms with Crippen LogP contribution in [0.2, 0.25) is 5.02 Å². The van der Waals surface area contributed by atoms with Gasteiger partial charge in [0, 0.05) is 32.9 Å². The molecule has 5 heteroatoms. The fourth-order valence-electron chi connectivity index (χ4n) is 1.80. The van der Waals surface area contributed by atoms with Gasteiger partial charge in [-0.25, -0.2) is 9.97 Å². The molecule has 0 amide bonds. The summed E-state index contributed by atoms with van der Waals surface area (Å²) in [7, 11) is 4.05. The second-order valence-corrected chi connectivity index (χ2v) is 4.78. The number of likely N-dealkylation sites (N-methyl/N-ethyl adjacent to an activating group) is 2. The number of rotatable bonds is 5. The van der Waals surface area contributed by atoms with Crippen LogP contribution in [0.5, 0.6) is 0 Å². The first-order chi connectivity index (χ1) is 9.18. The van der Waals surface area contributed by atoms with Crippen molar-refractivity contribution in [2.45, 2.75) is 0 Å². The van der Waals surface area contributed by atoms with Crippen molar-refractivity contribution in [3.63, 3.8) is 0 Å². The summed E-state index contributed by atoms with van der Waals surface area (Å²) in [6.45, 7) is 1.73. The molecule has 0 unspecified atom stereocenters. The van der Waals surface area contributed by atoms with Crippen molar-refractivity contribution in [2.75, 3.05) is 37.0 Å². The van der Waals surface area contributed by atoms with Crippen molar-refractivity contribution in [2.24, 2.45) is 0 Å². The van der Waals surface area contributed by atoms with Gasteiger partial charge in [0.05, 0.1) is 6.20 Å². The van der Waals surface area contributed by atoms with Gasteiger partial charge in [0.2, 0.25) is 0 Å². The Morgan fingerprint density at radius 2 is 1.74 bits per heavy atom. The minimum absolute atomic E-state index is 0.576. The number of hydrogen-bond donors (Lipinski definition) is 0. The molecule has 2 aromatic rings. The second-order valence-electron chi connectivity index (χ2n) is 4.37. The van der Waals surface area contributed by atoms with Crippen LogP contribution in [-0.2, 0) is 0 Å². The van der Waals surface area contributed by atoms with Gasteiger partial charge in [-0.15, -0.1) is 0 Å². The van der Waals surface area contributed by atoms with Gasteiger partial charge in [-0.2, -0.15) is 0 Å². The lowest BCUT2D eigenvalue weighted by atomic mass is 10.3. The van der Waals surface area contributed by atoms with Crippen molar-refractivity contribution < 1.29 is 0 Å². The van der Waals surface area contributed by atoms with E-state index in [0.717, 1.165) is 18.9 Å². The summed E-state index contributed by atoms with van der Waals surface area (Å²) < 4.78 is 0. The van der Waals surface area contributed by atoms with Crippen LogP contribution in [0.15, 0.2) is 42.9 Å². The fourth-order valence-corrected chi connectivity index (χ4v) is 2.05. The first-order valence-corrected chi connectivity index (χ1v) is 6.49. The molecule has 0 radical (unpaired) electrons. The summed E-state index contributed by atoms with van der Waals surface area (Å²) in [4.78, 5) is 12.3. The Hall–Kier alpha value is -1.81. The molecule has 0 fully saturated rings. The van der Waals surface area contributed by atoms with Gasteiger partial charge in [-0.3, -0.25) is 0 Å². The van der Waals surface area contributed by atoms with Gasteiger partial charge >= 0.3 is 0 Å². The van der Waals surface area contributed by atoms with E-state index in [0.29, 0.717) is 5.02 Å². The monoisotopic (exact) mass is 276 g/mol. The zero-order chi connectivity index (χ0) is 13.7. The molecular formula is C14H17ClN4. The lowest BCUT2D eigenvalue weighted by Gasteiger charge is -2.24. The van der Waals surface area contributed by atoms with Crippen LogP contribution >= 0.6 is 11.6 Å². The van der Waals surface area contributed by atoms with E-state index >= 15 is 0 Å². The summed E-state index contributed by atoms with van der Waals surface area (Å²) in [5.41, 5.74) is 1.20. The molecule has 1 aromatic carbocycles. The topological polar surface area (TPSA) is 32.3 Å². The van der Waals surface area contributed by atoms with Crippen LogP contribution in [-0.4, -0.2) is 37.2 Å². The summed E-state index contributed by atoms with van der Waals surface area (Å²) in [5.74, 6) is 0.762. The Bertz CT molecular complexity index is 518. The highest BCUT2D eigenvalue weighted by Crippen LogP contribution is 2.20. The molecule has 0 N–H and O–H groups in total. The number of hydrogen-bond acceptors (Lipinski definition) is 4. The molecular weight excluding hydrogens is 260 g/mol. The minimum atomic E-state index is 0.576. The maximum absolute atomic E-state index is 6.07. The molecule has 19 heavy (non-hydrogen) atoms.